The van der Waals surface area contributed by atoms with E-state index in [2.05, 4.69) is 20.2 Å². The number of carbonyl (C=O) groups is 1. The number of aromatic nitrogens is 2. The smallest absolute Gasteiger partial charge is 0.317 e. The molecule has 4 bridgehead atoms. The van der Waals surface area contributed by atoms with Crippen molar-refractivity contribution in [1.29, 1.82) is 0 Å². The maximum atomic E-state index is 12.2. The number of amides is 2. The first-order valence-corrected chi connectivity index (χ1v) is 8.82. The van der Waals surface area contributed by atoms with E-state index in [-0.39, 0.29) is 11.8 Å². The molecule has 2 saturated carbocycles. The summed E-state index contributed by atoms with van der Waals surface area (Å²) in [7, 11) is 0. The highest BCUT2D eigenvalue weighted by Crippen LogP contribution is 2.51. The van der Waals surface area contributed by atoms with Gasteiger partial charge in [-0.3, -0.25) is 0 Å². The topological polar surface area (TPSA) is 68.2 Å². The van der Waals surface area contributed by atoms with Crippen LogP contribution >= 0.6 is 0 Å². The highest BCUT2D eigenvalue weighted by molar-refractivity contribution is 5.74. The van der Waals surface area contributed by atoms with E-state index in [9.17, 15) is 4.79 Å². The minimum absolute atomic E-state index is 0.0886. The second-order valence-electron chi connectivity index (χ2n) is 7.54. The number of hydrogen-bond donors (Lipinski definition) is 2. The van der Waals surface area contributed by atoms with Crippen LogP contribution in [0.2, 0.25) is 0 Å². The van der Waals surface area contributed by atoms with Crippen molar-refractivity contribution in [2.24, 2.45) is 11.8 Å². The number of nitrogens with zero attached hydrogens (tertiary/aromatic N) is 2. The molecule has 1 aromatic heterocycles. The first-order valence-electron chi connectivity index (χ1n) is 8.82. The lowest BCUT2D eigenvalue weighted by atomic mass is 9.65. The van der Waals surface area contributed by atoms with Crippen molar-refractivity contribution in [2.75, 3.05) is 6.54 Å². The van der Waals surface area contributed by atoms with Gasteiger partial charge in [-0.15, -0.1) is 0 Å². The summed E-state index contributed by atoms with van der Waals surface area (Å²) in [6.45, 7) is 3.58. The van der Waals surface area contributed by atoms with Gasteiger partial charge in [0.15, 0.2) is 0 Å². The van der Waals surface area contributed by atoms with Crippen LogP contribution in [0.4, 0.5) is 4.79 Å². The van der Waals surface area contributed by atoms with Gasteiger partial charge >= 0.3 is 6.03 Å². The Morgan fingerprint density at radius 2 is 2.17 bits per heavy atom. The molecule has 2 N–H and O–H groups in total. The predicted molar refractivity (Wildman–Crippen MR) is 85.8 cm³/mol. The van der Waals surface area contributed by atoms with Crippen molar-refractivity contribution >= 4 is 6.03 Å². The fourth-order valence-electron chi connectivity index (χ4n) is 4.82. The molecule has 6 heteroatoms. The standard InChI is InChI=1S/C17H26N4O2/c1-12-10-18-11-21(12)4-2-3-19-16(22)20-17-8-13-5-14(9-17)7-15(6-13)23-17/h10-11,13-15H,2-9H2,1H3,(H2,19,20,22). The van der Waals surface area contributed by atoms with Gasteiger partial charge in [0.25, 0.3) is 0 Å². The summed E-state index contributed by atoms with van der Waals surface area (Å²) in [5, 5.41) is 6.11. The normalized spacial score (nSPS) is 34.6. The molecule has 23 heavy (non-hydrogen) atoms. The molecule has 2 saturated heterocycles. The molecule has 5 rings (SSSR count). The molecule has 3 heterocycles. The molecule has 0 spiro atoms. The summed E-state index contributed by atoms with van der Waals surface area (Å²) in [4.78, 5) is 16.3. The molecule has 2 aliphatic heterocycles. The van der Waals surface area contributed by atoms with Crippen LogP contribution in [0.25, 0.3) is 0 Å². The molecule has 4 aliphatic rings. The lowest BCUT2D eigenvalue weighted by molar-refractivity contribution is -0.228. The van der Waals surface area contributed by atoms with E-state index in [4.69, 9.17) is 4.74 Å². The van der Waals surface area contributed by atoms with Crippen molar-refractivity contribution in [3.63, 3.8) is 0 Å². The molecule has 4 fully saturated rings. The molecule has 126 valence electrons. The molecule has 2 aliphatic carbocycles. The van der Waals surface area contributed by atoms with E-state index >= 15 is 0 Å². The Morgan fingerprint density at radius 1 is 1.39 bits per heavy atom. The van der Waals surface area contributed by atoms with Crippen LogP contribution in [0.5, 0.6) is 0 Å². The molecular formula is C17H26N4O2. The van der Waals surface area contributed by atoms with Crippen molar-refractivity contribution in [3.8, 4) is 0 Å². The Labute approximate surface area is 137 Å². The van der Waals surface area contributed by atoms with Crippen molar-refractivity contribution in [2.45, 2.75) is 63.8 Å². The zero-order chi connectivity index (χ0) is 15.9. The monoisotopic (exact) mass is 318 g/mol. The second-order valence-corrected chi connectivity index (χ2v) is 7.54. The molecule has 1 aromatic rings. The molecule has 2 unspecified atom stereocenters. The fraction of sp³-hybridized carbons (Fsp3) is 0.765. The van der Waals surface area contributed by atoms with Gasteiger partial charge in [-0.2, -0.15) is 0 Å². The number of hydrogen-bond acceptors (Lipinski definition) is 3. The van der Waals surface area contributed by atoms with E-state index in [1.165, 1.54) is 19.3 Å². The van der Waals surface area contributed by atoms with E-state index < -0.39 is 0 Å². The van der Waals surface area contributed by atoms with Crippen LogP contribution in [0.3, 0.4) is 0 Å². The van der Waals surface area contributed by atoms with Crippen molar-refractivity contribution in [1.82, 2.24) is 20.2 Å². The minimum Gasteiger partial charge on any atom is -0.352 e. The Kier molecular flexibility index (Phi) is 3.79. The quantitative estimate of drug-likeness (QED) is 0.818. The summed E-state index contributed by atoms with van der Waals surface area (Å²) in [6, 6.07) is -0.0886. The number of carbonyl (C=O) groups excluding carboxylic acids is 1. The lowest BCUT2D eigenvalue weighted by Gasteiger charge is -2.56. The van der Waals surface area contributed by atoms with E-state index in [0.717, 1.165) is 43.3 Å². The molecule has 0 radical (unpaired) electrons. The average molecular weight is 318 g/mol. The van der Waals surface area contributed by atoms with E-state index in [1.54, 1.807) is 0 Å². The van der Waals surface area contributed by atoms with Crippen molar-refractivity contribution < 1.29 is 9.53 Å². The summed E-state index contributed by atoms with van der Waals surface area (Å²) in [5.74, 6) is 1.48. The van der Waals surface area contributed by atoms with Gasteiger partial charge in [-0.25, -0.2) is 9.78 Å². The number of rotatable bonds is 5. The predicted octanol–water partition coefficient (Wildman–Crippen LogP) is 2.19. The van der Waals surface area contributed by atoms with E-state index in [0.29, 0.717) is 12.6 Å². The SMILES string of the molecule is Cc1cncn1CCCNC(=O)NC12CC3CC(CC(C3)O1)C2. The van der Waals surface area contributed by atoms with Crippen LogP contribution in [0.1, 0.15) is 44.2 Å². The maximum Gasteiger partial charge on any atom is 0.317 e. The Balaban J connectivity index is 1.23. The summed E-state index contributed by atoms with van der Waals surface area (Å²) in [5.41, 5.74) is 0.760. The van der Waals surface area contributed by atoms with Crippen molar-refractivity contribution in [3.05, 3.63) is 18.2 Å². The number of ether oxygens (including phenoxy) is 1. The lowest BCUT2D eigenvalue weighted by Crippen LogP contribution is -2.64. The molecule has 2 amide bonds. The van der Waals surface area contributed by atoms with Gasteiger partial charge in [0.05, 0.1) is 12.4 Å². The first-order chi connectivity index (χ1) is 11.1. The van der Waals surface area contributed by atoms with E-state index in [1.807, 2.05) is 19.4 Å². The number of imidazole rings is 1. The highest BCUT2D eigenvalue weighted by atomic mass is 16.5. The first kappa shape index (κ1) is 15.0. The largest absolute Gasteiger partial charge is 0.352 e. The maximum absolute atomic E-state index is 12.2. The minimum atomic E-state index is -0.389. The average Bonchev–Trinajstić information content (AvgIpc) is 2.87. The summed E-state index contributed by atoms with van der Waals surface area (Å²) >= 11 is 0. The zero-order valence-electron chi connectivity index (χ0n) is 13.8. The molecule has 0 aromatic carbocycles. The molecular weight excluding hydrogens is 292 g/mol. The number of urea groups is 1. The fourth-order valence-corrected chi connectivity index (χ4v) is 4.82. The third kappa shape index (κ3) is 3.09. The highest BCUT2D eigenvalue weighted by Gasteiger charge is 2.52. The van der Waals surface area contributed by atoms with Crippen LogP contribution in [0, 0.1) is 18.8 Å². The van der Waals surface area contributed by atoms with Gasteiger partial charge in [0, 0.05) is 25.0 Å². The van der Waals surface area contributed by atoms with Gasteiger partial charge in [0.2, 0.25) is 0 Å². The molecule has 2 atom stereocenters. The molecule has 6 nitrogen and oxygen atoms in total. The number of aryl methyl sites for hydroxylation is 2. The Bertz CT molecular complexity index is 548. The van der Waals surface area contributed by atoms with Crippen LogP contribution < -0.4 is 10.6 Å². The Hall–Kier alpha value is -1.56. The summed E-state index contributed by atoms with van der Waals surface area (Å²) in [6.07, 6.45) is 10.6. The summed E-state index contributed by atoms with van der Waals surface area (Å²) < 4.78 is 8.28. The number of nitrogens with one attached hydrogen (secondary N) is 2. The Morgan fingerprint density at radius 3 is 2.83 bits per heavy atom. The zero-order valence-corrected chi connectivity index (χ0v) is 13.8. The third-order valence-corrected chi connectivity index (χ3v) is 5.61. The van der Waals surface area contributed by atoms with Crippen LogP contribution in [-0.2, 0) is 11.3 Å². The van der Waals surface area contributed by atoms with Gasteiger partial charge in [0.1, 0.15) is 5.72 Å². The van der Waals surface area contributed by atoms with Crippen LogP contribution in [0.15, 0.2) is 12.5 Å². The second kappa shape index (κ2) is 5.82. The van der Waals surface area contributed by atoms with Crippen LogP contribution in [-0.4, -0.2) is 34.0 Å². The van der Waals surface area contributed by atoms with Gasteiger partial charge in [-0.05, 0) is 57.3 Å². The van der Waals surface area contributed by atoms with Gasteiger partial charge in [-0.1, -0.05) is 0 Å². The van der Waals surface area contributed by atoms with Gasteiger partial charge < -0.3 is 19.9 Å². The third-order valence-electron chi connectivity index (χ3n) is 5.61.